The maximum atomic E-state index is 11.8. The Balaban J connectivity index is -0.000000864. The fraction of sp³-hybridized carbons (Fsp3) is 0.447. The van der Waals surface area contributed by atoms with Crippen molar-refractivity contribution in [2.75, 3.05) is 16.4 Å². The Hall–Kier alpha value is -6.22. The van der Waals surface area contributed by atoms with E-state index in [1.54, 1.807) is 85.7 Å². The molecule has 0 aromatic heterocycles. The Morgan fingerprint density at radius 2 is 0.926 bits per heavy atom. The number of hydrogen-bond donors (Lipinski definition) is 4. The number of nitrogen functional groups attached to an aromatic ring is 1. The van der Waals surface area contributed by atoms with E-state index in [1.165, 1.54) is 58.9 Å². The fourth-order valence-electron chi connectivity index (χ4n) is 4.95. The molecule has 2 atom stereocenters. The van der Waals surface area contributed by atoms with Gasteiger partial charge in [0.15, 0.2) is 6.29 Å². The third-order valence-corrected chi connectivity index (χ3v) is 7.01. The van der Waals surface area contributed by atoms with Gasteiger partial charge in [-0.15, -0.1) is 0 Å². The van der Waals surface area contributed by atoms with E-state index in [2.05, 4.69) is 10.6 Å². The molecule has 0 radical (unpaired) electrons. The summed E-state index contributed by atoms with van der Waals surface area (Å²) in [6.45, 7) is 25.9. The largest absolute Gasteiger partial charge is 1.00 e. The summed E-state index contributed by atoms with van der Waals surface area (Å²) in [4.78, 5) is 88.3. The third kappa shape index (κ3) is 30.9. The Kier molecular flexibility index (Phi) is 29.4. The number of nitrogens with two attached hydrogens (primary N) is 1. The molecule has 0 spiro atoms. The summed E-state index contributed by atoms with van der Waals surface area (Å²) in [5.74, 6) is -1.57. The minimum absolute atomic E-state index is 0. The first-order chi connectivity index (χ1) is 30.1. The summed E-state index contributed by atoms with van der Waals surface area (Å²) < 4.78 is 35.3. The zero-order valence-corrected chi connectivity index (χ0v) is 44.0. The van der Waals surface area contributed by atoms with Crippen molar-refractivity contribution in [2.24, 2.45) is 0 Å². The third-order valence-electron chi connectivity index (χ3n) is 7.01. The van der Waals surface area contributed by atoms with Gasteiger partial charge < -0.3 is 49.5 Å². The van der Waals surface area contributed by atoms with E-state index in [-0.39, 0.29) is 63.7 Å². The smallest absolute Gasteiger partial charge is 0.870 e. The summed E-state index contributed by atoms with van der Waals surface area (Å²) in [7, 11) is 0. The molecule has 2 amide bonds. The second-order valence-corrected chi connectivity index (χ2v) is 17.1. The Morgan fingerprint density at radius 3 is 1.26 bits per heavy atom. The number of nitrogens with one attached hydrogen (secondary N) is 2. The summed E-state index contributed by atoms with van der Waals surface area (Å²) in [5.41, 5.74) is 6.55. The standard InChI is InChI=1S/C17H23NO6.2C12H15NO4.C6H12O2.Na.H2O/c1-10(22-11(2)19)14-9-13(7-8-15(14)23-12(3)20)18-16(21)24-17(4,5)6;1-12(2,3)17-11(16)13-9-4-5-10(15)8(6-9)7-14;1-7(16-8(2)14)11-6-10(13)4-5-12(11)17-9(3)15;1-5(7)8-6(2,3)4;;/h7-10H,1-6H3,(H,18,21);4-7,15H,1-3H3,(H,13,16);4-7H,13H2,1-3H3;1-4H3;;1H2/q;;;;+1;/p-1. The minimum atomic E-state index is -0.655. The van der Waals surface area contributed by atoms with Crippen LogP contribution in [0.4, 0.5) is 26.7 Å². The van der Waals surface area contributed by atoms with Crippen LogP contribution in [0.2, 0.25) is 0 Å². The molecule has 3 aromatic carbocycles. The van der Waals surface area contributed by atoms with E-state index in [0.29, 0.717) is 40.2 Å². The van der Waals surface area contributed by atoms with E-state index in [4.69, 9.17) is 38.9 Å². The van der Waals surface area contributed by atoms with Gasteiger partial charge >= 0.3 is 71.6 Å². The van der Waals surface area contributed by atoms with Crippen LogP contribution in [-0.2, 0) is 47.7 Å². The Bertz CT molecular complexity index is 2170. The average molecular weight is 968 g/mol. The van der Waals surface area contributed by atoms with Crippen LogP contribution in [0, 0.1) is 0 Å². The molecule has 372 valence electrons. The van der Waals surface area contributed by atoms with Crippen molar-refractivity contribution in [1.29, 1.82) is 0 Å². The number of phenols is 1. The first kappa shape index (κ1) is 66.1. The monoisotopic (exact) mass is 967 g/mol. The van der Waals surface area contributed by atoms with Gasteiger partial charge in [-0.2, -0.15) is 0 Å². The van der Waals surface area contributed by atoms with Gasteiger partial charge in [0.2, 0.25) is 0 Å². The number of ether oxygens (including phenoxy) is 7. The predicted molar refractivity (Wildman–Crippen MR) is 247 cm³/mol. The van der Waals surface area contributed by atoms with E-state index < -0.39 is 59.5 Å². The number of rotatable bonds is 9. The zero-order valence-electron chi connectivity index (χ0n) is 42.0. The van der Waals surface area contributed by atoms with Crippen molar-refractivity contribution in [3.05, 3.63) is 71.3 Å². The molecular formula is C47H66N3NaO17. The number of aromatic hydroxyl groups is 1. The van der Waals surface area contributed by atoms with Gasteiger partial charge in [-0.3, -0.25) is 39.4 Å². The molecule has 2 unspecified atom stereocenters. The van der Waals surface area contributed by atoms with Crippen molar-refractivity contribution in [2.45, 2.75) is 140 Å². The summed E-state index contributed by atoms with van der Waals surface area (Å²) >= 11 is 0. The molecule has 21 heteroatoms. The summed E-state index contributed by atoms with van der Waals surface area (Å²) in [5, 5.41) is 14.3. The molecule has 3 aromatic rings. The number of aldehydes is 1. The van der Waals surface area contributed by atoms with Crippen molar-refractivity contribution in [1.82, 2.24) is 0 Å². The normalized spacial score (nSPS) is 11.2. The predicted octanol–water partition coefficient (Wildman–Crippen LogP) is 6.13. The summed E-state index contributed by atoms with van der Waals surface area (Å²) in [6.07, 6.45) is -1.90. The second-order valence-electron chi connectivity index (χ2n) is 17.1. The SMILES string of the molecule is CC(=O)OC(C)(C)C.CC(=O)Oc1ccc(N)cc1C(C)OC(C)=O.CC(=O)Oc1ccc(NC(=O)OC(C)(C)C)cc1C(C)OC(C)=O.CC(C)(C)OC(=O)Nc1ccc(O)c(C=O)c1.[Na+].[OH-]. The molecule has 0 aliphatic carbocycles. The van der Waals surface area contributed by atoms with E-state index in [0.717, 1.165) is 0 Å². The van der Waals surface area contributed by atoms with Gasteiger partial charge in [-0.05, 0) is 131 Å². The Morgan fingerprint density at radius 1 is 0.559 bits per heavy atom. The number of carbonyl (C=O) groups is 8. The maximum absolute atomic E-state index is 11.8. The maximum Gasteiger partial charge on any atom is 1.00 e. The first-order valence-corrected chi connectivity index (χ1v) is 20.3. The first-order valence-electron chi connectivity index (χ1n) is 20.3. The van der Waals surface area contributed by atoms with Crippen LogP contribution in [0.1, 0.15) is 144 Å². The number of benzene rings is 3. The van der Waals surface area contributed by atoms with Gasteiger partial charge in [0.05, 0.1) is 5.56 Å². The molecule has 20 nitrogen and oxygen atoms in total. The van der Waals surface area contributed by atoms with Crippen molar-refractivity contribution < 1.29 is 112 Å². The quantitative estimate of drug-likeness (QED) is 0.0357. The van der Waals surface area contributed by atoms with Gasteiger partial charge in [-0.1, -0.05) is 0 Å². The van der Waals surface area contributed by atoms with Gasteiger partial charge in [0.1, 0.15) is 46.3 Å². The minimum Gasteiger partial charge on any atom is -0.870 e. The molecule has 0 aliphatic rings. The molecule has 6 N–H and O–H groups in total. The van der Waals surface area contributed by atoms with Crippen LogP contribution in [0.25, 0.3) is 0 Å². The number of carbonyl (C=O) groups excluding carboxylic acids is 8. The van der Waals surface area contributed by atoms with Crippen LogP contribution in [0.15, 0.2) is 54.6 Å². The average Bonchev–Trinajstić information content (AvgIpc) is 3.11. The van der Waals surface area contributed by atoms with E-state index in [1.807, 2.05) is 20.8 Å². The number of phenolic OH excluding ortho intramolecular Hbond substituents is 1. The van der Waals surface area contributed by atoms with Crippen LogP contribution >= 0.6 is 0 Å². The molecule has 68 heavy (non-hydrogen) atoms. The molecule has 0 heterocycles. The molecule has 0 fully saturated rings. The van der Waals surface area contributed by atoms with Gasteiger partial charge in [-0.25, -0.2) is 9.59 Å². The Labute approximate surface area is 419 Å². The van der Waals surface area contributed by atoms with Gasteiger partial charge in [0, 0.05) is 62.8 Å². The van der Waals surface area contributed by atoms with Crippen LogP contribution in [0.3, 0.4) is 0 Å². The van der Waals surface area contributed by atoms with Crippen molar-refractivity contribution >= 4 is 65.4 Å². The molecule has 0 saturated carbocycles. The molecule has 0 aliphatic heterocycles. The number of amides is 2. The topological polar surface area (TPSA) is 301 Å². The van der Waals surface area contributed by atoms with Gasteiger partial charge in [0.25, 0.3) is 0 Å². The van der Waals surface area contributed by atoms with E-state index >= 15 is 0 Å². The molecule has 3 rings (SSSR count). The van der Waals surface area contributed by atoms with E-state index in [9.17, 15) is 43.5 Å². The number of anilines is 3. The molecule has 0 bridgehead atoms. The van der Waals surface area contributed by atoms with Crippen molar-refractivity contribution in [3.63, 3.8) is 0 Å². The molecular weight excluding hydrogens is 902 g/mol. The zero-order chi connectivity index (χ0) is 51.3. The second kappa shape index (κ2) is 30.2. The fourth-order valence-corrected chi connectivity index (χ4v) is 4.95. The summed E-state index contributed by atoms with van der Waals surface area (Å²) in [6, 6.07) is 13.6. The van der Waals surface area contributed by atoms with Crippen LogP contribution < -0.4 is 55.4 Å². The van der Waals surface area contributed by atoms with Crippen molar-refractivity contribution in [3.8, 4) is 17.2 Å². The number of hydrogen-bond acceptors (Lipinski definition) is 18. The molecule has 0 saturated heterocycles. The number of esters is 5. The van der Waals surface area contributed by atoms with Crippen LogP contribution in [-0.4, -0.2) is 75.7 Å². The van der Waals surface area contributed by atoms with Crippen LogP contribution in [0.5, 0.6) is 17.2 Å².